The first-order chi connectivity index (χ1) is 12.1. The normalized spacial score (nSPS) is 19.6. The molecular weight excluding hydrogens is 312 g/mol. The molecule has 1 aliphatic carbocycles. The van der Waals surface area contributed by atoms with E-state index in [1.165, 1.54) is 19.3 Å². The van der Waals surface area contributed by atoms with Crippen molar-refractivity contribution >= 4 is 11.8 Å². The summed E-state index contributed by atoms with van der Waals surface area (Å²) in [5.41, 5.74) is 1.80. The predicted molar refractivity (Wildman–Crippen MR) is 99.2 cm³/mol. The number of carbonyl (C=O) groups excluding carboxylic acids is 2. The van der Waals surface area contributed by atoms with Crippen LogP contribution in [0.3, 0.4) is 0 Å². The van der Waals surface area contributed by atoms with Crippen LogP contribution in [0, 0.1) is 11.8 Å². The minimum Gasteiger partial charge on any atom is -0.352 e. The Labute approximate surface area is 151 Å². The van der Waals surface area contributed by atoms with Gasteiger partial charge in [0.05, 0.1) is 0 Å². The van der Waals surface area contributed by atoms with Crippen molar-refractivity contribution < 1.29 is 9.59 Å². The second-order valence-corrected chi connectivity index (χ2v) is 7.72. The molecule has 4 nitrogen and oxygen atoms in total. The van der Waals surface area contributed by atoms with Crippen molar-refractivity contribution in [2.45, 2.75) is 58.4 Å². The van der Waals surface area contributed by atoms with Crippen LogP contribution in [-0.4, -0.2) is 29.8 Å². The van der Waals surface area contributed by atoms with Crippen molar-refractivity contribution in [1.29, 1.82) is 0 Å². The maximum absolute atomic E-state index is 12.5. The van der Waals surface area contributed by atoms with Gasteiger partial charge in [-0.05, 0) is 49.3 Å². The fourth-order valence-corrected chi connectivity index (χ4v) is 3.86. The van der Waals surface area contributed by atoms with Crippen LogP contribution in [0.2, 0.25) is 0 Å². The van der Waals surface area contributed by atoms with Gasteiger partial charge in [0, 0.05) is 31.1 Å². The molecule has 1 saturated carbocycles. The largest absolute Gasteiger partial charge is 0.352 e. The Bertz CT molecular complexity index is 582. The summed E-state index contributed by atoms with van der Waals surface area (Å²) >= 11 is 0. The van der Waals surface area contributed by atoms with Crippen molar-refractivity contribution in [3.8, 4) is 0 Å². The first-order valence-corrected chi connectivity index (χ1v) is 9.79. The third-order valence-electron chi connectivity index (χ3n) is 5.71. The molecule has 0 bridgehead atoms. The van der Waals surface area contributed by atoms with Crippen molar-refractivity contribution in [3.63, 3.8) is 0 Å². The van der Waals surface area contributed by atoms with E-state index in [4.69, 9.17) is 0 Å². The number of piperidine rings is 1. The molecule has 2 fully saturated rings. The molecule has 0 aromatic heterocycles. The maximum Gasteiger partial charge on any atom is 0.253 e. The zero-order chi connectivity index (χ0) is 17.6. The van der Waals surface area contributed by atoms with E-state index >= 15 is 0 Å². The monoisotopic (exact) mass is 342 g/mol. The fourth-order valence-electron chi connectivity index (χ4n) is 3.86. The van der Waals surface area contributed by atoms with Gasteiger partial charge < -0.3 is 10.2 Å². The van der Waals surface area contributed by atoms with Crippen molar-refractivity contribution in [3.05, 3.63) is 35.4 Å². The van der Waals surface area contributed by atoms with Gasteiger partial charge in [-0.3, -0.25) is 9.59 Å². The number of hydrogen-bond donors (Lipinski definition) is 1. The molecule has 1 N–H and O–H groups in total. The third kappa shape index (κ3) is 4.83. The summed E-state index contributed by atoms with van der Waals surface area (Å²) in [6, 6.07) is 7.70. The number of nitrogens with zero attached hydrogens (tertiary/aromatic N) is 1. The lowest BCUT2D eigenvalue weighted by Gasteiger charge is -2.30. The number of rotatable bonds is 4. The summed E-state index contributed by atoms with van der Waals surface area (Å²) in [5, 5.41) is 3.05. The Morgan fingerprint density at radius 2 is 1.64 bits per heavy atom. The number of amides is 2. The lowest BCUT2D eigenvalue weighted by molar-refractivity contribution is -0.126. The maximum atomic E-state index is 12.5. The molecule has 1 saturated heterocycles. The molecule has 25 heavy (non-hydrogen) atoms. The topological polar surface area (TPSA) is 49.4 Å². The number of nitrogens with one attached hydrogen (secondary N) is 1. The highest BCUT2D eigenvalue weighted by Crippen LogP contribution is 2.23. The van der Waals surface area contributed by atoms with Gasteiger partial charge in [-0.1, -0.05) is 38.3 Å². The van der Waals surface area contributed by atoms with Crippen molar-refractivity contribution in [2.24, 2.45) is 11.8 Å². The lowest BCUT2D eigenvalue weighted by atomic mass is 9.88. The number of likely N-dealkylation sites (tertiary alicyclic amines) is 1. The van der Waals surface area contributed by atoms with Crippen LogP contribution in [0.1, 0.15) is 67.8 Å². The Balaban J connectivity index is 1.50. The lowest BCUT2D eigenvalue weighted by Crippen LogP contribution is -2.37. The Morgan fingerprint density at radius 3 is 2.28 bits per heavy atom. The zero-order valence-electron chi connectivity index (χ0n) is 15.3. The van der Waals surface area contributed by atoms with E-state index in [0.717, 1.165) is 55.8 Å². The van der Waals surface area contributed by atoms with E-state index in [1.807, 2.05) is 29.2 Å². The summed E-state index contributed by atoms with van der Waals surface area (Å²) in [6.45, 7) is 4.52. The van der Waals surface area contributed by atoms with Crippen LogP contribution < -0.4 is 5.32 Å². The average molecular weight is 342 g/mol. The summed E-state index contributed by atoms with van der Waals surface area (Å²) in [6.07, 6.45) is 7.83. The van der Waals surface area contributed by atoms with Gasteiger partial charge in [0.2, 0.25) is 5.91 Å². The molecule has 1 aliphatic heterocycles. The Morgan fingerprint density at radius 1 is 1.00 bits per heavy atom. The standard InChI is InChI=1S/C21H30N2O2/c1-16-11-13-23(14-12-16)21(25)19-9-7-17(8-10-19)15-22-20(24)18-5-3-2-4-6-18/h7-10,16,18H,2-6,11-15H2,1H3,(H,22,24). The van der Waals surface area contributed by atoms with Gasteiger partial charge in [-0.15, -0.1) is 0 Å². The van der Waals surface area contributed by atoms with E-state index in [1.54, 1.807) is 0 Å². The summed E-state index contributed by atoms with van der Waals surface area (Å²) in [5.74, 6) is 1.22. The highest BCUT2D eigenvalue weighted by molar-refractivity contribution is 5.94. The minimum atomic E-state index is 0.129. The van der Waals surface area contributed by atoms with Crippen LogP contribution in [0.5, 0.6) is 0 Å². The molecule has 4 heteroatoms. The molecule has 0 unspecified atom stereocenters. The summed E-state index contributed by atoms with van der Waals surface area (Å²) in [7, 11) is 0. The highest BCUT2D eigenvalue weighted by Gasteiger charge is 2.22. The minimum absolute atomic E-state index is 0.129. The van der Waals surface area contributed by atoms with Crippen LogP contribution in [-0.2, 0) is 11.3 Å². The van der Waals surface area contributed by atoms with Crippen LogP contribution in [0.4, 0.5) is 0 Å². The molecule has 1 heterocycles. The quantitative estimate of drug-likeness (QED) is 0.906. The molecule has 1 aromatic carbocycles. The predicted octanol–water partition coefficient (Wildman–Crippen LogP) is 3.76. The molecule has 1 aromatic rings. The van der Waals surface area contributed by atoms with Gasteiger partial charge in [0.1, 0.15) is 0 Å². The first-order valence-electron chi connectivity index (χ1n) is 9.79. The Hall–Kier alpha value is -1.84. The summed E-state index contributed by atoms with van der Waals surface area (Å²) in [4.78, 5) is 26.7. The molecule has 2 amide bonds. The second kappa shape index (κ2) is 8.50. The molecular formula is C21H30N2O2. The Kier molecular flexibility index (Phi) is 6.11. The molecule has 0 spiro atoms. The van der Waals surface area contributed by atoms with Gasteiger partial charge in [-0.25, -0.2) is 0 Å². The van der Waals surface area contributed by atoms with Crippen molar-refractivity contribution in [1.82, 2.24) is 10.2 Å². The molecule has 136 valence electrons. The van der Waals surface area contributed by atoms with E-state index < -0.39 is 0 Å². The van der Waals surface area contributed by atoms with E-state index in [-0.39, 0.29) is 17.7 Å². The summed E-state index contributed by atoms with van der Waals surface area (Å²) < 4.78 is 0. The molecule has 3 rings (SSSR count). The van der Waals surface area contributed by atoms with Crippen molar-refractivity contribution in [2.75, 3.05) is 13.1 Å². The van der Waals surface area contributed by atoms with Gasteiger partial charge in [0.25, 0.3) is 5.91 Å². The molecule has 0 radical (unpaired) electrons. The van der Waals surface area contributed by atoms with E-state index in [2.05, 4.69) is 12.2 Å². The smallest absolute Gasteiger partial charge is 0.253 e. The van der Waals surface area contributed by atoms with Gasteiger partial charge in [-0.2, -0.15) is 0 Å². The van der Waals surface area contributed by atoms with Crippen LogP contribution in [0.25, 0.3) is 0 Å². The number of carbonyl (C=O) groups is 2. The van der Waals surface area contributed by atoms with E-state index in [9.17, 15) is 9.59 Å². The van der Waals surface area contributed by atoms with E-state index in [0.29, 0.717) is 6.54 Å². The third-order valence-corrected chi connectivity index (χ3v) is 5.71. The number of hydrogen-bond acceptors (Lipinski definition) is 2. The van der Waals surface area contributed by atoms with Crippen LogP contribution >= 0.6 is 0 Å². The van der Waals surface area contributed by atoms with Gasteiger partial charge >= 0.3 is 0 Å². The first kappa shape index (κ1) is 18.0. The van der Waals surface area contributed by atoms with Gasteiger partial charge in [0.15, 0.2) is 0 Å². The molecule has 0 atom stereocenters. The van der Waals surface area contributed by atoms with Crippen LogP contribution in [0.15, 0.2) is 24.3 Å². The number of benzene rings is 1. The SMILES string of the molecule is CC1CCN(C(=O)c2ccc(CNC(=O)C3CCCCC3)cc2)CC1. The molecule has 2 aliphatic rings. The highest BCUT2D eigenvalue weighted by atomic mass is 16.2. The zero-order valence-corrected chi connectivity index (χ0v) is 15.3. The average Bonchev–Trinajstić information content (AvgIpc) is 2.67. The fraction of sp³-hybridized carbons (Fsp3) is 0.619. The second-order valence-electron chi connectivity index (χ2n) is 7.72.